The van der Waals surface area contributed by atoms with Crippen molar-refractivity contribution in [1.82, 2.24) is 5.32 Å². The fourth-order valence-electron chi connectivity index (χ4n) is 3.03. The molecule has 2 rings (SSSR count). The second-order valence-electron chi connectivity index (χ2n) is 5.72. The Morgan fingerprint density at radius 1 is 1.19 bits per heavy atom. The summed E-state index contributed by atoms with van der Waals surface area (Å²) >= 11 is 0. The molecule has 21 heavy (non-hydrogen) atoms. The molecule has 1 saturated heterocycles. The van der Waals surface area contributed by atoms with Crippen molar-refractivity contribution in [3.63, 3.8) is 0 Å². The van der Waals surface area contributed by atoms with Gasteiger partial charge in [0.1, 0.15) is 11.6 Å². The lowest BCUT2D eigenvalue weighted by molar-refractivity contribution is -0.138. The van der Waals surface area contributed by atoms with E-state index in [4.69, 9.17) is 0 Å². The summed E-state index contributed by atoms with van der Waals surface area (Å²) in [5.41, 5.74) is 1.12. The minimum atomic E-state index is -0.771. The van der Waals surface area contributed by atoms with Crippen LogP contribution in [0, 0.1) is 6.92 Å². The Balaban J connectivity index is 2.52. The predicted molar refractivity (Wildman–Crippen MR) is 84.2 cm³/mol. The Kier molecular flexibility index (Phi) is 4.35. The number of rotatable bonds is 4. The van der Waals surface area contributed by atoms with Gasteiger partial charge in [-0.25, -0.2) is 0 Å². The van der Waals surface area contributed by atoms with Crippen molar-refractivity contribution in [3.8, 4) is 0 Å². The van der Waals surface area contributed by atoms with Crippen LogP contribution in [0.2, 0.25) is 0 Å². The summed E-state index contributed by atoms with van der Waals surface area (Å²) < 4.78 is 0. The monoisotopic (exact) mass is 288 g/mol. The molecule has 0 spiro atoms. The van der Waals surface area contributed by atoms with Crippen molar-refractivity contribution >= 4 is 17.5 Å². The molecule has 1 unspecified atom stereocenters. The van der Waals surface area contributed by atoms with Gasteiger partial charge in [0.15, 0.2) is 0 Å². The zero-order valence-electron chi connectivity index (χ0n) is 13.3. The lowest BCUT2D eigenvalue weighted by Gasteiger charge is -2.45. The molecule has 2 amide bonds. The van der Waals surface area contributed by atoms with Gasteiger partial charge >= 0.3 is 0 Å². The van der Waals surface area contributed by atoms with E-state index in [1.165, 1.54) is 0 Å². The highest BCUT2D eigenvalue weighted by molar-refractivity contribution is 6.10. The Hall–Kier alpha value is -1.84. The van der Waals surface area contributed by atoms with Gasteiger partial charge < -0.3 is 5.32 Å². The maximum atomic E-state index is 13.0. The topological polar surface area (TPSA) is 49.4 Å². The minimum Gasteiger partial charge on any atom is -0.340 e. The molecule has 1 aliphatic rings. The van der Waals surface area contributed by atoms with E-state index in [1.54, 1.807) is 4.90 Å². The fourth-order valence-corrected chi connectivity index (χ4v) is 3.03. The maximum Gasteiger partial charge on any atom is 0.253 e. The van der Waals surface area contributed by atoms with E-state index < -0.39 is 11.6 Å². The molecule has 0 aliphatic carbocycles. The zero-order chi connectivity index (χ0) is 15.6. The number of amides is 2. The molecule has 1 N–H and O–H groups in total. The molecule has 0 bridgehead atoms. The summed E-state index contributed by atoms with van der Waals surface area (Å²) in [7, 11) is 0. The van der Waals surface area contributed by atoms with Gasteiger partial charge in [0.05, 0.1) is 0 Å². The second-order valence-corrected chi connectivity index (χ2v) is 5.72. The van der Waals surface area contributed by atoms with Crippen LogP contribution < -0.4 is 10.2 Å². The van der Waals surface area contributed by atoms with Crippen molar-refractivity contribution in [2.45, 2.75) is 58.5 Å². The third-order valence-electron chi connectivity index (χ3n) is 4.48. The Bertz CT molecular complexity index is 549. The molecule has 114 valence electrons. The SMILES string of the molecule is CCC1C(=O)NC(CC)(CC)C(=O)N1c1cccc(C)c1. The predicted octanol–water partition coefficient (Wildman–Crippen LogP) is 2.80. The third-order valence-corrected chi connectivity index (χ3v) is 4.48. The molecule has 1 heterocycles. The van der Waals surface area contributed by atoms with E-state index in [1.807, 2.05) is 52.0 Å². The number of aryl methyl sites for hydroxylation is 1. The van der Waals surface area contributed by atoms with E-state index in [0.29, 0.717) is 19.3 Å². The van der Waals surface area contributed by atoms with E-state index in [-0.39, 0.29) is 11.8 Å². The lowest BCUT2D eigenvalue weighted by Crippen LogP contribution is -2.70. The summed E-state index contributed by atoms with van der Waals surface area (Å²) in [6.07, 6.45) is 1.81. The highest BCUT2D eigenvalue weighted by Crippen LogP contribution is 2.30. The van der Waals surface area contributed by atoms with Crippen molar-refractivity contribution in [2.24, 2.45) is 0 Å². The molecule has 0 saturated carbocycles. The minimum absolute atomic E-state index is 0.00421. The van der Waals surface area contributed by atoms with E-state index >= 15 is 0 Å². The van der Waals surface area contributed by atoms with E-state index in [9.17, 15) is 9.59 Å². The first-order valence-electron chi connectivity index (χ1n) is 7.71. The van der Waals surface area contributed by atoms with Gasteiger partial charge in [0.2, 0.25) is 5.91 Å². The van der Waals surface area contributed by atoms with Gasteiger partial charge in [0, 0.05) is 5.69 Å². The van der Waals surface area contributed by atoms with Crippen LogP contribution in [0.4, 0.5) is 5.69 Å². The highest BCUT2D eigenvalue weighted by atomic mass is 16.2. The molecule has 0 aromatic heterocycles. The first-order valence-corrected chi connectivity index (χ1v) is 7.71. The molecule has 0 radical (unpaired) electrons. The Morgan fingerprint density at radius 3 is 2.38 bits per heavy atom. The number of anilines is 1. The van der Waals surface area contributed by atoms with Crippen LogP contribution in [0.25, 0.3) is 0 Å². The quantitative estimate of drug-likeness (QED) is 0.926. The van der Waals surface area contributed by atoms with Crippen LogP contribution in [0.5, 0.6) is 0 Å². The molecule has 1 fully saturated rings. The van der Waals surface area contributed by atoms with Crippen molar-refractivity contribution in [3.05, 3.63) is 29.8 Å². The van der Waals surface area contributed by atoms with E-state index in [0.717, 1.165) is 11.3 Å². The Labute approximate surface area is 126 Å². The standard InChI is InChI=1S/C17H24N2O2/c1-5-14-15(20)18-17(6-2,7-3)16(21)19(14)13-10-8-9-12(4)11-13/h8-11,14H,5-7H2,1-4H3,(H,18,20). The number of hydrogen-bond donors (Lipinski definition) is 1. The lowest BCUT2D eigenvalue weighted by atomic mass is 9.86. The number of nitrogens with one attached hydrogen (secondary N) is 1. The summed E-state index contributed by atoms with van der Waals surface area (Å²) in [5.74, 6) is -0.0492. The fraction of sp³-hybridized carbons (Fsp3) is 0.529. The number of piperazine rings is 1. The van der Waals surface area contributed by atoms with Crippen LogP contribution in [-0.2, 0) is 9.59 Å². The van der Waals surface area contributed by atoms with Gasteiger partial charge in [-0.15, -0.1) is 0 Å². The van der Waals surface area contributed by atoms with Gasteiger partial charge in [-0.05, 0) is 43.9 Å². The van der Waals surface area contributed by atoms with Crippen LogP contribution in [0.1, 0.15) is 45.6 Å². The maximum absolute atomic E-state index is 13.0. The van der Waals surface area contributed by atoms with Gasteiger partial charge in [-0.3, -0.25) is 14.5 Å². The van der Waals surface area contributed by atoms with E-state index in [2.05, 4.69) is 5.32 Å². The molecule has 4 nitrogen and oxygen atoms in total. The highest BCUT2D eigenvalue weighted by Gasteiger charge is 2.48. The second kappa shape index (κ2) is 5.88. The van der Waals surface area contributed by atoms with Crippen molar-refractivity contribution in [2.75, 3.05) is 4.90 Å². The van der Waals surface area contributed by atoms with Crippen LogP contribution >= 0.6 is 0 Å². The summed E-state index contributed by atoms with van der Waals surface area (Å²) in [6, 6.07) is 7.37. The van der Waals surface area contributed by atoms with Crippen LogP contribution in [-0.4, -0.2) is 23.4 Å². The number of hydrogen-bond acceptors (Lipinski definition) is 2. The van der Waals surface area contributed by atoms with Gasteiger partial charge in [-0.1, -0.05) is 32.9 Å². The summed E-state index contributed by atoms with van der Waals surface area (Å²) in [4.78, 5) is 27.2. The first kappa shape index (κ1) is 15.5. The smallest absolute Gasteiger partial charge is 0.253 e. The third kappa shape index (κ3) is 2.55. The largest absolute Gasteiger partial charge is 0.340 e. The van der Waals surface area contributed by atoms with Crippen LogP contribution in [0.15, 0.2) is 24.3 Å². The average molecular weight is 288 g/mol. The number of benzene rings is 1. The number of nitrogens with zero attached hydrogens (tertiary/aromatic N) is 1. The number of carbonyl (C=O) groups is 2. The molecule has 1 aromatic carbocycles. The molecule has 1 atom stereocenters. The summed E-state index contributed by atoms with van der Waals surface area (Å²) in [5, 5.41) is 2.96. The molecular weight excluding hydrogens is 264 g/mol. The first-order chi connectivity index (χ1) is 9.99. The molecule has 4 heteroatoms. The van der Waals surface area contributed by atoms with Crippen LogP contribution in [0.3, 0.4) is 0 Å². The average Bonchev–Trinajstić information content (AvgIpc) is 2.48. The summed E-state index contributed by atoms with van der Waals surface area (Å²) in [6.45, 7) is 7.82. The molecular formula is C17H24N2O2. The number of carbonyl (C=O) groups excluding carboxylic acids is 2. The molecule has 1 aromatic rings. The van der Waals surface area contributed by atoms with Gasteiger partial charge in [0.25, 0.3) is 5.91 Å². The van der Waals surface area contributed by atoms with Crippen molar-refractivity contribution < 1.29 is 9.59 Å². The van der Waals surface area contributed by atoms with Crippen molar-refractivity contribution in [1.29, 1.82) is 0 Å². The zero-order valence-corrected chi connectivity index (χ0v) is 13.3. The van der Waals surface area contributed by atoms with Gasteiger partial charge in [-0.2, -0.15) is 0 Å². The molecule has 1 aliphatic heterocycles. The normalized spacial score (nSPS) is 21.3. The Morgan fingerprint density at radius 2 is 1.86 bits per heavy atom.